The molecule has 0 heterocycles. The van der Waals surface area contributed by atoms with Crippen molar-refractivity contribution >= 4 is 0 Å². The predicted molar refractivity (Wildman–Crippen MR) is 79.8 cm³/mol. The van der Waals surface area contributed by atoms with Gasteiger partial charge in [0.05, 0.1) is 0 Å². The summed E-state index contributed by atoms with van der Waals surface area (Å²) in [6.07, 6.45) is 0. The second kappa shape index (κ2) is 6.53. The zero-order valence-electron chi connectivity index (χ0n) is 12.2. The zero-order valence-corrected chi connectivity index (χ0v) is 12.2. The van der Waals surface area contributed by atoms with Crippen molar-refractivity contribution in [3.63, 3.8) is 0 Å². The Kier molecular flexibility index (Phi) is 4.74. The van der Waals surface area contributed by atoms with E-state index in [0.717, 1.165) is 24.4 Å². The van der Waals surface area contributed by atoms with E-state index in [1.54, 1.807) is 19.1 Å². The van der Waals surface area contributed by atoms with Crippen LogP contribution in [0.25, 0.3) is 0 Å². The van der Waals surface area contributed by atoms with Gasteiger partial charge in [0, 0.05) is 6.54 Å². The van der Waals surface area contributed by atoms with Crippen molar-refractivity contribution in [1.82, 2.24) is 5.32 Å². The molecule has 0 saturated carbocycles. The topological polar surface area (TPSA) is 21.3 Å². The molecule has 0 unspecified atom stereocenters. The summed E-state index contributed by atoms with van der Waals surface area (Å²) in [5.41, 5.74) is 2.89. The number of rotatable bonds is 5. The molecule has 106 valence electrons. The fourth-order valence-electron chi connectivity index (χ4n) is 2.01. The zero-order chi connectivity index (χ0) is 14.5. The summed E-state index contributed by atoms with van der Waals surface area (Å²) in [5.74, 6) is 1.25. The first-order chi connectivity index (χ1) is 9.60. The van der Waals surface area contributed by atoms with Crippen LogP contribution in [0.1, 0.15) is 23.6 Å². The minimum absolute atomic E-state index is 0.213. The van der Waals surface area contributed by atoms with E-state index < -0.39 is 0 Å². The fourth-order valence-corrected chi connectivity index (χ4v) is 2.01. The van der Waals surface area contributed by atoms with E-state index >= 15 is 0 Å². The molecule has 0 radical (unpaired) electrons. The van der Waals surface area contributed by atoms with E-state index in [-0.39, 0.29) is 5.82 Å². The fraction of sp³-hybridized carbons (Fsp3) is 0.294. The third-order valence-corrected chi connectivity index (χ3v) is 3.18. The molecule has 0 aliphatic rings. The summed E-state index contributed by atoms with van der Waals surface area (Å²) in [6, 6.07) is 10.9. The second-order valence-electron chi connectivity index (χ2n) is 4.89. The quantitative estimate of drug-likeness (QED) is 0.874. The van der Waals surface area contributed by atoms with Crippen LogP contribution in [0.5, 0.6) is 11.5 Å². The third-order valence-electron chi connectivity index (χ3n) is 3.18. The molecule has 0 spiro atoms. The number of nitrogens with one attached hydrogen (secondary N) is 1. The van der Waals surface area contributed by atoms with Gasteiger partial charge in [0.25, 0.3) is 0 Å². The van der Waals surface area contributed by atoms with Crippen molar-refractivity contribution in [3.8, 4) is 11.5 Å². The SMILES string of the molecule is CCNCc1ccc(Oc2ccc(F)c(C)c2)c(C)c1. The lowest BCUT2D eigenvalue weighted by atomic mass is 10.1. The Morgan fingerprint density at radius 3 is 2.50 bits per heavy atom. The lowest BCUT2D eigenvalue weighted by Gasteiger charge is -2.11. The Morgan fingerprint density at radius 2 is 1.85 bits per heavy atom. The third kappa shape index (κ3) is 3.58. The Hall–Kier alpha value is -1.87. The summed E-state index contributed by atoms with van der Waals surface area (Å²) in [5, 5.41) is 3.29. The van der Waals surface area contributed by atoms with Crippen molar-refractivity contribution in [2.24, 2.45) is 0 Å². The van der Waals surface area contributed by atoms with E-state index in [0.29, 0.717) is 11.3 Å². The van der Waals surface area contributed by atoms with Crippen molar-refractivity contribution in [1.29, 1.82) is 0 Å². The van der Waals surface area contributed by atoms with Crippen LogP contribution < -0.4 is 10.1 Å². The lowest BCUT2D eigenvalue weighted by Crippen LogP contribution is -2.11. The summed E-state index contributed by atoms with van der Waals surface area (Å²) in [7, 11) is 0. The molecule has 3 heteroatoms. The monoisotopic (exact) mass is 273 g/mol. The van der Waals surface area contributed by atoms with E-state index in [1.807, 2.05) is 19.1 Å². The maximum atomic E-state index is 13.2. The Morgan fingerprint density at radius 1 is 1.05 bits per heavy atom. The Bertz CT molecular complexity index is 596. The Balaban J connectivity index is 2.14. The van der Waals surface area contributed by atoms with Gasteiger partial charge in [-0.1, -0.05) is 19.1 Å². The first-order valence-corrected chi connectivity index (χ1v) is 6.84. The largest absolute Gasteiger partial charge is 0.457 e. The van der Waals surface area contributed by atoms with Gasteiger partial charge in [0.1, 0.15) is 17.3 Å². The molecule has 0 amide bonds. The van der Waals surface area contributed by atoms with Crippen molar-refractivity contribution in [2.75, 3.05) is 6.54 Å². The maximum Gasteiger partial charge on any atom is 0.130 e. The normalized spacial score (nSPS) is 10.6. The van der Waals surface area contributed by atoms with E-state index in [2.05, 4.69) is 18.3 Å². The molecule has 2 aromatic carbocycles. The molecule has 0 saturated heterocycles. The van der Waals surface area contributed by atoms with Gasteiger partial charge in [-0.3, -0.25) is 0 Å². The maximum absolute atomic E-state index is 13.2. The molecule has 20 heavy (non-hydrogen) atoms. The highest BCUT2D eigenvalue weighted by Gasteiger charge is 2.05. The van der Waals surface area contributed by atoms with Gasteiger partial charge < -0.3 is 10.1 Å². The van der Waals surface area contributed by atoms with Crippen LogP contribution in [-0.2, 0) is 6.54 Å². The first-order valence-electron chi connectivity index (χ1n) is 6.84. The van der Waals surface area contributed by atoms with E-state index in [4.69, 9.17) is 4.74 Å². The van der Waals surface area contributed by atoms with E-state index in [1.165, 1.54) is 11.6 Å². The molecule has 1 N–H and O–H groups in total. The standard InChI is InChI=1S/C17H20FNO/c1-4-19-11-14-5-8-17(13(3)9-14)20-15-6-7-16(18)12(2)10-15/h5-10,19H,4,11H2,1-3H3. The highest BCUT2D eigenvalue weighted by Crippen LogP contribution is 2.27. The highest BCUT2D eigenvalue weighted by molar-refractivity contribution is 5.40. The number of halogens is 1. The summed E-state index contributed by atoms with van der Waals surface area (Å²) < 4.78 is 19.0. The lowest BCUT2D eigenvalue weighted by molar-refractivity contribution is 0.475. The summed E-state index contributed by atoms with van der Waals surface area (Å²) in [4.78, 5) is 0. The molecular formula is C17H20FNO. The highest BCUT2D eigenvalue weighted by atomic mass is 19.1. The Labute approximate surface area is 119 Å². The van der Waals surface area contributed by atoms with Crippen LogP contribution in [0.3, 0.4) is 0 Å². The van der Waals surface area contributed by atoms with Gasteiger partial charge >= 0.3 is 0 Å². The van der Waals surface area contributed by atoms with Gasteiger partial charge in [0.2, 0.25) is 0 Å². The molecular weight excluding hydrogens is 253 g/mol. The van der Waals surface area contributed by atoms with Crippen LogP contribution in [0, 0.1) is 19.7 Å². The smallest absolute Gasteiger partial charge is 0.130 e. The van der Waals surface area contributed by atoms with Gasteiger partial charge in [-0.25, -0.2) is 4.39 Å². The van der Waals surface area contributed by atoms with Gasteiger partial charge in [0.15, 0.2) is 0 Å². The number of aryl methyl sites for hydroxylation is 2. The van der Waals surface area contributed by atoms with Gasteiger partial charge in [-0.2, -0.15) is 0 Å². The molecule has 0 aliphatic heterocycles. The minimum atomic E-state index is -0.213. The van der Waals surface area contributed by atoms with Crippen LogP contribution in [0.2, 0.25) is 0 Å². The van der Waals surface area contributed by atoms with Gasteiger partial charge in [-0.15, -0.1) is 0 Å². The predicted octanol–water partition coefficient (Wildman–Crippen LogP) is 4.34. The molecule has 0 fully saturated rings. The molecule has 2 rings (SSSR count). The van der Waals surface area contributed by atoms with E-state index in [9.17, 15) is 4.39 Å². The molecule has 0 aliphatic carbocycles. The summed E-state index contributed by atoms with van der Waals surface area (Å²) in [6.45, 7) is 7.64. The van der Waals surface area contributed by atoms with Crippen molar-refractivity contribution < 1.29 is 9.13 Å². The number of hydrogen-bond acceptors (Lipinski definition) is 2. The van der Waals surface area contributed by atoms with Crippen LogP contribution in [0.4, 0.5) is 4.39 Å². The number of ether oxygens (including phenoxy) is 1. The average Bonchev–Trinajstić information content (AvgIpc) is 2.43. The number of benzene rings is 2. The van der Waals surface area contributed by atoms with Crippen LogP contribution in [-0.4, -0.2) is 6.54 Å². The average molecular weight is 273 g/mol. The summed E-state index contributed by atoms with van der Waals surface area (Å²) >= 11 is 0. The van der Waals surface area contributed by atoms with Crippen molar-refractivity contribution in [3.05, 3.63) is 58.9 Å². The van der Waals surface area contributed by atoms with Crippen molar-refractivity contribution in [2.45, 2.75) is 27.3 Å². The van der Waals surface area contributed by atoms with Crippen LogP contribution >= 0.6 is 0 Å². The van der Waals surface area contributed by atoms with Crippen LogP contribution in [0.15, 0.2) is 36.4 Å². The number of hydrogen-bond donors (Lipinski definition) is 1. The molecule has 0 bridgehead atoms. The first kappa shape index (κ1) is 14.5. The molecule has 2 aromatic rings. The molecule has 0 aromatic heterocycles. The second-order valence-corrected chi connectivity index (χ2v) is 4.89. The molecule has 2 nitrogen and oxygen atoms in total. The minimum Gasteiger partial charge on any atom is -0.457 e. The van der Waals surface area contributed by atoms with Gasteiger partial charge in [-0.05, 0) is 61.3 Å². The molecule has 0 atom stereocenters.